The lowest BCUT2D eigenvalue weighted by Crippen LogP contribution is -2.21. The van der Waals surface area contributed by atoms with Gasteiger partial charge in [0.2, 0.25) is 0 Å². The SMILES string of the molecule is COc1cc(Cl)c2nc(-c3cc(C)cc4c(=O)n(Cc5ccccc5)cnc34)sc2c1. The Morgan fingerprint density at radius 2 is 1.90 bits per heavy atom. The molecule has 154 valence electrons. The van der Waals surface area contributed by atoms with Gasteiger partial charge < -0.3 is 4.74 Å². The van der Waals surface area contributed by atoms with Crippen molar-refractivity contribution in [2.45, 2.75) is 13.5 Å². The third-order valence-electron chi connectivity index (χ3n) is 5.16. The molecule has 0 bridgehead atoms. The van der Waals surface area contributed by atoms with Crippen molar-refractivity contribution in [3.63, 3.8) is 0 Å². The Labute approximate surface area is 187 Å². The molecule has 3 aromatic carbocycles. The van der Waals surface area contributed by atoms with Gasteiger partial charge in [-0.2, -0.15) is 0 Å². The molecule has 0 amide bonds. The highest BCUT2D eigenvalue weighted by Crippen LogP contribution is 2.38. The van der Waals surface area contributed by atoms with E-state index in [1.807, 2.05) is 55.5 Å². The molecule has 0 N–H and O–H groups in total. The molecule has 5 rings (SSSR count). The highest BCUT2D eigenvalue weighted by atomic mass is 35.5. The fraction of sp³-hybridized carbons (Fsp3) is 0.125. The number of hydrogen-bond donors (Lipinski definition) is 0. The number of fused-ring (bicyclic) bond motifs is 2. The Bertz CT molecular complexity index is 1490. The van der Waals surface area contributed by atoms with E-state index in [0.717, 1.165) is 31.9 Å². The van der Waals surface area contributed by atoms with E-state index < -0.39 is 0 Å². The van der Waals surface area contributed by atoms with Gasteiger partial charge in [-0.25, -0.2) is 9.97 Å². The summed E-state index contributed by atoms with van der Waals surface area (Å²) in [7, 11) is 1.61. The third kappa shape index (κ3) is 3.58. The molecular formula is C24H18ClN3O2S. The summed E-state index contributed by atoms with van der Waals surface area (Å²) in [5.41, 5.74) is 4.14. The fourth-order valence-electron chi connectivity index (χ4n) is 3.67. The summed E-state index contributed by atoms with van der Waals surface area (Å²) < 4.78 is 7.89. The normalized spacial score (nSPS) is 11.3. The molecule has 0 spiro atoms. The summed E-state index contributed by atoms with van der Waals surface area (Å²) in [4.78, 5) is 22.7. The Hall–Kier alpha value is -3.22. The average Bonchev–Trinajstić information content (AvgIpc) is 3.21. The molecule has 0 fully saturated rings. The predicted octanol–water partition coefficient (Wildman–Crippen LogP) is 5.69. The van der Waals surface area contributed by atoms with Crippen LogP contribution in [0.1, 0.15) is 11.1 Å². The van der Waals surface area contributed by atoms with E-state index in [0.29, 0.717) is 28.2 Å². The van der Waals surface area contributed by atoms with Gasteiger partial charge in [-0.3, -0.25) is 9.36 Å². The number of thiazole rings is 1. The van der Waals surface area contributed by atoms with Crippen LogP contribution in [0.15, 0.2) is 65.7 Å². The summed E-state index contributed by atoms with van der Waals surface area (Å²) in [5, 5.41) is 1.88. The van der Waals surface area contributed by atoms with Crippen molar-refractivity contribution in [2.75, 3.05) is 7.11 Å². The molecule has 0 aliphatic rings. The Kier molecular flexibility index (Phi) is 4.96. The summed E-state index contributed by atoms with van der Waals surface area (Å²) >= 11 is 7.92. The summed E-state index contributed by atoms with van der Waals surface area (Å²) in [6, 6.07) is 17.4. The fourth-order valence-corrected chi connectivity index (χ4v) is 5.02. The third-order valence-corrected chi connectivity index (χ3v) is 6.48. The summed E-state index contributed by atoms with van der Waals surface area (Å²) in [6.07, 6.45) is 1.61. The van der Waals surface area contributed by atoms with Crippen LogP contribution in [0, 0.1) is 6.92 Å². The second-order valence-corrected chi connectivity index (χ2v) is 8.78. The topological polar surface area (TPSA) is 57.0 Å². The van der Waals surface area contributed by atoms with Crippen LogP contribution < -0.4 is 10.3 Å². The minimum Gasteiger partial charge on any atom is -0.497 e. The van der Waals surface area contributed by atoms with Crippen LogP contribution in [0.4, 0.5) is 0 Å². The van der Waals surface area contributed by atoms with Crippen LogP contribution in [0.3, 0.4) is 0 Å². The molecule has 0 unspecified atom stereocenters. The number of aryl methyl sites for hydroxylation is 1. The number of benzene rings is 3. The van der Waals surface area contributed by atoms with Gasteiger partial charge in [0.25, 0.3) is 5.56 Å². The number of rotatable bonds is 4. The molecule has 0 atom stereocenters. The quantitative estimate of drug-likeness (QED) is 0.355. The van der Waals surface area contributed by atoms with Crippen LogP contribution in [-0.2, 0) is 6.54 Å². The molecule has 0 aliphatic carbocycles. The minimum atomic E-state index is -0.0698. The lowest BCUT2D eigenvalue weighted by Gasteiger charge is -2.09. The molecule has 0 radical (unpaired) electrons. The van der Waals surface area contributed by atoms with E-state index in [-0.39, 0.29) is 5.56 Å². The first-order chi connectivity index (χ1) is 15.0. The van der Waals surface area contributed by atoms with E-state index in [4.69, 9.17) is 21.3 Å². The van der Waals surface area contributed by atoms with Crippen LogP contribution in [0.25, 0.3) is 31.7 Å². The van der Waals surface area contributed by atoms with Crippen LogP contribution in [0.2, 0.25) is 5.02 Å². The summed E-state index contributed by atoms with van der Waals surface area (Å²) in [5.74, 6) is 0.684. The molecule has 0 aliphatic heterocycles. The summed E-state index contributed by atoms with van der Waals surface area (Å²) in [6.45, 7) is 2.45. The highest BCUT2D eigenvalue weighted by molar-refractivity contribution is 7.21. The van der Waals surface area contributed by atoms with Crippen molar-refractivity contribution < 1.29 is 4.74 Å². The van der Waals surface area contributed by atoms with E-state index in [2.05, 4.69) is 4.98 Å². The van der Waals surface area contributed by atoms with E-state index in [1.165, 1.54) is 11.3 Å². The van der Waals surface area contributed by atoms with Crippen molar-refractivity contribution in [1.29, 1.82) is 0 Å². The first-order valence-corrected chi connectivity index (χ1v) is 10.9. The van der Waals surface area contributed by atoms with Gasteiger partial charge in [0.15, 0.2) is 0 Å². The highest BCUT2D eigenvalue weighted by Gasteiger charge is 2.16. The number of ether oxygens (including phenoxy) is 1. The first kappa shape index (κ1) is 19.7. The number of halogens is 1. The van der Waals surface area contributed by atoms with Crippen LogP contribution in [0.5, 0.6) is 5.75 Å². The number of nitrogens with zero attached hydrogens (tertiary/aromatic N) is 3. The van der Waals surface area contributed by atoms with Gasteiger partial charge >= 0.3 is 0 Å². The molecule has 5 aromatic rings. The standard InChI is InChI=1S/C24H18ClN3O2S/c1-14-8-17(23-27-22-19(25)10-16(30-2)11-20(22)31-23)21-18(9-14)24(29)28(13-26-21)12-15-6-4-3-5-7-15/h3-11,13H,12H2,1-2H3. The van der Waals surface area contributed by atoms with Crippen LogP contribution >= 0.6 is 22.9 Å². The molecule has 2 heterocycles. The number of methoxy groups -OCH3 is 1. The molecule has 7 heteroatoms. The number of hydrogen-bond acceptors (Lipinski definition) is 5. The predicted molar refractivity (Wildman–Crippen MR) is 126 cm³/mol. The maximum absolute atomic E-state index is 13.2. The molecule has 0 saturated carbocycles. The number of aromatic nitrogens is 3. The second-order valence-electron chi connectivity index (χ2n) is 7.35. The molecule has 5 nitrogen and oxygen atoms in total. The van der Waals surface area contributed by atoms with Gasteiger partial charge in [0, 0.05) is 11.6 Å². The van der Waals surface area contributed by atoms with Gasteiger partial charge in [-0.15, -0.1) is 11.3 Å². The van der Waals surface area contributed by atoms with Gasteiger partial charge in [-0.05, 0) is 36.2 Å². The smallest absolute Gasteiger partial charge is 0.261 e. The second kappa shape index (κ2) is 7.80. The lowest BCUT2D eigenvalue weighted by molar-refractivity contribution is 0.415. The zero-order valence-corrected chi connectivity index (χ0v) is 18.5. The minimum absolute atomic E-state index is 0.0698. The van der Waals surface area contributed by atoms with Gasteiger partial charge in [0.1, 0.15) is 16.3 Å². The Morgan fingerprint density at radius 3 is 2.68 bits per heavy atom. The van der Waals surface area contributed by atoms with Crippen molar-refractivity contribution in [2.24, 2.45) is 0 Å². The van der Waals surface area contributed by atoms with Crippen molar-refractivity contribution in [3.05, 3.63) is 87.4 Å². The van der Waals surface area contributed by atoms with Crippen LogP contribution in [-0.4, -0.2) is 21.6 Å². The van der Waals surface area contributed by atoms with Crippen molar-refractivity contribution in [3.8, 4) is 16.3 Å². The molecule has 2 aromatic heterocycles. The Balaban J connectivity index is 1.68. The Morgan fingerprint density at radius 1 is 1.10 bits per heavy atom. The zero-order valence-electron chi connectivity index (χ0n) is 16.9. The monoisotopic (exact) mass is 447 g/mol. The molecule has 0 saturated heterocycles. The first-order valence-electron chi connectivity index (χ1n) is 9.71. The van der Waals surface area contributed by atoms with Crippen molar-refractivity contribution >= 4 is 44.1 Å². The maximum Gasteiger partial charge on any atom is 0.261 e. The van der Waals surface area contributed by atoms with E-state index >= 15 is 0 Å². The average molecular weight is 448 g/mol. The maximum atomic E-state index is 13.2. The van der Waals surface area contributed by atoms with E-state index in [9.17, 15) is 4.79 Å². The lowest BCUT2D eigenvalue weighted by atomic mass is 10.1. The largest absolute Gasteiger partial charge is 0.497 e. The molecule has 31 heavy (non-hydrogen) atoms. The van der Waals surface area contributed by atoms with Gasteiger partial charge in [-0.1, -0.05) is 41.9 Å². The molecular weight excluding hydrogens is 430 g/mol. The van der Waals surface area contributed by atoms with Gasteiger partial charge in [0.05, 0.1) is 40.6 Å². The van der Waals surface area contributed by atoms with E-state index in [1.54, 1.807) is 24.1 Å². The van der Waals surface area contributed by atoms with Crippen molar-refractivity contribution in [1.82, 2.24) is 14.5 Å². The zero-order chi connectivity index (χ0) is 21.5.